The van der Waals surface area contributed by atoms with Crippen molar-refractivity contribution in [3.05, 3.63) is 35.1 Å². The molecule has 0 aliphatic heterocycles. The molecule has 0 bridgehead atoms. The zero-order valence-electron chi connectivity index (χ0n) is 15.5. The summed E-state index contributed by atoms with van der Waals surface area (Å²) in [4.78, 5) is 4.18. The maximum Gasteiger partial charge on any atom is 0.199 e. The zero-order valence-corrected chi connectivity index (χ0v) is 16.4. The number of rotatable bonds is 13. The number of aromatic amines is 1. The predicted molar refractivity (Wildman–Crippen MR) is 107 cm³/mol. The van der Waals surface area contributed by atoms with Gasteiger partial charge in [-0.25, -0.2) is 0 Å². The van der Waals surface area contributed by atoms with Crippen LogP contribution in [0.2, 0.25) is 0 Å². The van der Waals surface area contributed by atoms with E-state index in [0.29, 0.717) is 4.77 Å². The van der Waals surface area contributed by atoms with Gasteiger partial charge in [-0.3, -0.25) is 14.6 Å². The third-order valence-electron chi connectivity index (χ3n) is 4.65. The van der Waals surface area contributed by atoms with Gasteiger partial charge in [0.1, 0.15) is 5.82 Å². The van der Waals surface area contributed by atoms with E-state index in [1.807, 2.05) is 22.9 Å². The van der Waals surface area contributed by atoms with Crippen molar-refractivity contribution < 1.29 is 0 Å². The standard InChI is InChI=1S/C20H32N4S/c1-2-3-4-5-6-7-8-9-10-11-12-15-19-22-23-20(25)24(19)18-14-13-16-21-17-18/h13-14,16-17H,2-12,15H2,1H3,(H,23,25). The molecule has 0 aromatic carbocycles. The Kier molecular flexibility index (Phi) is 9.49. The molecule has 2 aromatic heterocycles. The second-order valence-electron chi connectivity index (χ2n) is 6.78. The molecule has 0 saturated heterocycles. The summed E-state index contributed by atoms with van der Waals surface area (Å²) < 4.78 is 2.64. The van der Waals surface area contributed by atoms with E-state index < -0.39 is 0 Å². The van der Waals surface area contributed by atoms with Crippen LogP contribution in [0.3, 0.4) is 0 Å². The second-order valence-corrected chi connectivity index (χ2v) is 7.16. The highest BCUT2D eigenvalue weighted by Gasteiger charge is 2.07. The number of aryl methyl sites for hydroxylation is 1. The quantitative estimate of drug-likeness (QED) is 0.343. The van der Waals surface area contributed by atoms with Crippen LogP contribution in [0.25, 0.3) is 5.69 Å². The van der Waals surface area contributed by atoms with E-state index in [2.05, 4.69) is 22.1 Å². The Morgan fingerprint density at radius 2 is 1.60 bits per heavy atom. The third kappa shape index (κ3) is 7.10. The summed E-state index contributed by atoms with van der Waals surface area (Å²) in [6, 6.07) is 3.94. The largest absolute Gasteiger partial charge is 0.271 e. The molecule has 1 N–H and O–H groups in total. The zero-order chi connectivity index (χ0) is 17.7. The summed E-state index contributed by atoms with van der Waals surface area (Å²) in [7, 11) is 0. The Morgan fingerprint density at radius 3 is 2.20 bits per heavy atom. The molecule has 0 atom stereocenters. The highest BCUT2D eigenvalue weighted by Crippen LogP contribution is 2.14. The molecule has 2 heterocycles. The summed E-state index contributed by atoms with van der Waals surface area (Å²) >= 11 is 5.36. The Morgan fingerprint density at radius 1 is 0.960 bits per heavy atom. The van der Waals surface area contributed by atoms with Crippen molar-refractivity contribution in [1.29, 1.82) is 0 Å². The summed E-state index contributed by atoms with van der Waals surface area (Å²) in [6.45, 7) is 2.27. The van der Waals surface area contributed by atoms with Gasteiger partial charge in [0.25, 0.3) is 0 Å². The van der Waals surface area contributed by atoms with Crippen LogP contribution < -0.4 is 0 Å². The normalized spacial score (nSPS) is 11.1. The second kappa shape index (κ2) is 12.0. The molecule has 0 aliphatic carbocycles. The monoisotopic (exact) mass is 360 g/mol. The maximum atomic E-state index is 5.36. The maximum absolute atomic E-state index is 5.36. The molecule has 5 heteroatoms. The Hall–Kier alpha value is -1.49. The molecule has 0 aliphatic rings. The molecule has 4 nitrogen and oxygen atoms in total. The molecule has 0 spiro atoms. The topological polar surface area (TPSA) is 46.5 Å². The van der Waals surface area contributed by atoms with Gasteiger partial charge in [-0.15, -0.1) is 0 Å². The van der Waals surface area contributed by atoms with E-state index in [9.17, 15) is 0 Å². The molecule has 25 heavy (non-hydrogen) atoms. The van der Waals surface area contributed by atoms with Crippen molar-refractivity contribution in [1.82, 2.24) is 19.7 Å². The van der Waals surface area contributed by atoms with Gasteiger partial charge < -0.3 is 0 Å². The van der Waals surface area contributed by atoms with Gasteiger partial charge in [0.05, 0.1) is 11.9 Å². The number of H-pyrrole nitrogens is 1. The van der Waals surface area contributed by atoms with Crippen LogP contribution in [0.15, 0.2) is 24.5 Å². The minimum absolute atomic E-state index is 0.645. The molecular formula is C20H32N4S. The fourth-order valence-corrected chi connectivity index (χ4v) is 3.45. The van der Waals surface area contributed by atoms with E-state index in [4.69, 9.17) is 12.2 Å². The summed E-state index contributed by atoms with van der Waals surface area (Å²) in [5, 5.41) is 7.31. The lowest BCUT2D eigenvalue weighted by Gasteiger charge is -2.06. The van der Waals surface area contributed by atoms with E-state index >= 15 is 0 Å². The van der Waals surface area contributed by atoms with Crippen molar-refractivity contribution in [2.75, 3.05) is 0 Å². The average molecular weight is 361 g/mol. The SMILES string of the molecule is CCCCCCCCCCCCCc1n[nH]c(=S)n1-c1cccnc1. The van der Waals surface area contributed by atoms with Crippen LogP contribution in [0.4, 0.5) is 0 Å². The fraction of sp³-hybridized carbons (Fsp3) is 0.650. The number of nitrogens with one attached hydrogen (secondary N) is 1. The predicted octanol–water partition coefficient (Wildman–Crippen LogP) is 6.18. The van der Waals surface area contributed by atoms with Crippen molar-refractivity contribution in [3.63, 3.8) is 0 Å². The van der Waals surface area contributed by atoms with Crippen molar-refractivity contribution >= 4 is 12.2 Å². The molecule has 0 amide bonds. The fourth-order valence-electron chi connectivity index (χ4n) is 3.20. The molecule has 138 valence electrons. The van der Waals surface area contributed by atoms with Gasteiger partial charge >= 0.3 is 0 Å². The number of unbranched alkanes of at least 4 members (excludes halogenated alkanes) is 10. The van der Waals surface area contributed by atoms with Crippen molar-refractivity contribution in [3.8, 4) is 5.69 Å². The van der Waals surface area contributed by atoms with Gasteiger partial charge in [-0.1, -0.05) is 71.1 Å². The first-order valence-electron chi connectivity index (χ1n) is 9.89. The van der Waals surface area contributed by atoms with E-state index in [1.54, 1.807) is 6.20 Å². The van der Waals surface area contributed by atoms with E-state index in [1.165, 1.54) is 64.2 Å². The highest BCUT2D eigenvalue weighted by molar-refractivity contribution is 7.71. The lowest BCUT2D eigenvalue weighted by molar-refractivity contribution is 0.547. The molecular weight excluding hydrogens is 328 g/mol. The van der Waals surface area contributed by atoms with Crippen LogP contribution >= 0.6 is 12.2 Å². The van der Waals surface area contributed by atoms with Crippen LogP contribution in [0, 0.1) is 4.77 Å². The van der Waals surface area contributed by atoms with Crippen LogP contribution in [0.5, 0.6) is 0 Å². The van der Waals surface area contributed by atoms with Crippen LogP contribution in [-0.4, -0.2) is 19.7 Å². The van der Waals surface area contributed by atoms with Gasteiger partial charge in [0.15, 0.2) is 4.77 Å². The highest BCUT2D eigenvalue weighted by atomic mass is 32.1. The van der Waals surface area contributed by atoms with Gasteiger partial charge in [0, 0.05) is 12.6 Å². The summed E-state index contributed by atoms with van der Waals surface area (Å²) in [5.41, 5.74) is 0.985. The lowest BCUT2D eigenvalue weighted by atomic mass is 10.1. The van der Waals surface area contributed by atoms with Crippen LogP contribution in [-0.2, 0) is 6.42 Å². The van der Waals surface area contributed by atoms with Crippen molar-refractivity contribution in [2.24, 2.45) is 0 Å². The van der Waals surface area contributed by atoms with Gasteiger partial charge in [-0.2, -0.15) is 5.10 Å². The number of pyridine rings is 1. The first-order valence-corrected chi connectivity index (χ1v) is 10.3. The van der Waals surface area contributed by atoms with E-state index in [0.717, 1.165) is 24.4 Å². The number of hydrogen-bond donors (Lipinski definition) is 1. The van der Waals surface area contributed by atoms with Gasteiger partial charge in [0.2, 0.25) is 0 Å². The number of aromatic nitrogens is 4. The summed E-state index contributed by atoms with van der Waals surface area (Å²) in [5.74, 6) is 1.01. The van der Waals surface area contributed by atoms with Gasteiger partial charge in [-0.05, 0) is 30.8 Å². The number of hydrogen-bond acceptors (Lipinski definition) is 3. The number of nitrogens with zero attached hydrogens (tertiary/aromatic N) is 3. The van der Waals surface area contributed by atoms with Crippen LogP contribution in [0.1, 0.15) is 83.4 Å². The Bertz CT molecular complexity index is 633. The first-order chi connectivity index (χ1) is 12.3. The Balaban J connectivity index is 1.61. The molecule has 2 aromatic rings. The average Bonchev–Trinajstić information content (AvgIpc) is 3.01. The van der Waals surface area contributed by atoms with Crippen molar-refractivity contribution in [2.45, 2.75) is 84.0 Å². The molecule has 2 rings (SSSR count). The molecule has 0 radical (unpaired) electrons. The smallest absolute Gasteiger partial charge is 0.199 e. The molecule has 0 saturated carbocycles. The molecule has 0 unspecified atom stereocenters. The minimum atomic E-state index is 0.645. The lowest BCUT2D eigenvalue weighted by Crippen LogP contribution is -2.02. The Labute approximate surface area is 157 Å². The van der Waals surface area contributed by atoms with E-state index in [-0.39, 0.29) is 0 Å². The minimum Gasteiger partial charge on any atom is -0.271 e. The summed E-state index contributed by atoms with van der Waals surface area (Å²) in [6.07, 6.45) is 19.5. The third-order valence-corrected chi connectivity index (χ3v) is 4.92. The first kappa shape index (κ1) is 19.8. The molecule has 0 fully saturated rings.